The Morgan fingerprint density at radius 3 is 1.09 bits per heavy atom. The molecule has 0 radical (unpaired) electrons. The minimum absolute atomic E-state index is 0. The van der Waals surface area contributed by atoms with Gasteiger partial charge < -0.3 is 26.1 Å². The van der Waals surface area contributed by atoms with Crippen LogP contribution < -0.4 is 11.5 Å². The minimum atomic E-state index is -4.64. The number of phosphoric acid groups is 1. The highest BCUT2D eigenvalue weighted by Crippen LogP contribution is 2.25. The first-order valence-corrected chi connectivity index (χ1v) is 3.66. The molecule has 74 valence electrons. The minimum Gasteiger partial charge on any atom is -0.329 e. The van der Waals surface area contributed by atoms with E-state index in [4.69, 9.17) is 30.7 Å². The van der Waals surface area contributed by atoms with Crippen LogP contribution in [0.3, 0.4) is 0 Å². The highest BCUT2D eigenvalue weighted by Gasteiger charge is 2.00. The molecule has 0 aromatic rings. The molecule has 0 aliphatic rings. The van der Waals surface area contributed by atoms with E-state index >= 15 is 0 Å². The fourth-order valence-corrected chi connectivity index (χ4v) is 0. The van der Waals surface area contributed by atoms with Crippen molar-refractivity contribution in [3.05, 3.63) is 0 Å². The van der Waals surface area contributed by atoms with Crippen LogP contribution in [0.25, 0.3) is 0 Å². The summed E-state index contributed by atoms with van der Waals surface area (Å²) in [6.07, 6.45) is 0. The van der Waals surface area contributed by atoms with E-state index in [1.807, 2.05) is 0 Å². The van der Waals surface area contributed by atoms with E-state index in [0.717, 1.165) is 0 Å². The van der Waals surface area contributed by atoms with Crippen LogP contribution in [-0.4, -0.2) is 27.8 Å². The van der Waals surface area contributed by atoms with Gasteiger partial charge in [-0.2, -0.15) is 0 Å². The smallest absolute Gasteiger partial charge is 0.329 e. The summed E-state index contributed by atoms with van der Waals surface area (Å²) in [6.45, 7) is 1.19. The van der Waals surface area contributed by atoms with Crippen LogP contribution in [0.5, 0.6) is 0 Å². The Morgan fingerprint density at radius 1 is 1.00 bits per heavy atom. The number of nitrogens with two attached hydrogens (primary N) is 2. The second-order valence-corrected chi connectivity index (χ2v) is 2.12. The van der Waals surface area contributed by atoms with E-state index in [9.17, 15) is 0 Å². The third-order valence-electron chi connectivity index (χ3n) is 0.167. The van der Waals surface area contributed by atoms with Gasteiger partial charge in [-0.3, -0.25) is 0 Å². The molecule has 0 amide bonds. The zero-order valence-corrected chi connectivity index (χ0v) is 8.11. The fraction of sp³-hybridized carbons (Fsp3) is 1.00. The largest absolute Gasteiger partial charge is 0.466 e. The fourth-order valence-electron chi connectivity index (χ4n) is 0. The molecule has 6 nitrogen and oxygen atoms in total. The van der Waals surface area contributed by atoms with Crippen molar-refractivity contribution in [1.29, 1.82) is 0 Å². The van der Waals surface area contributed by atoms with Gasteiger partial charge in [0.2, 0.25) is 0 Å². The normalized spacial score (nSPS) is 8.09. The zero-order valence-electron chi connectivity index (χ0n) is 5.58. The Balaban J connectivity index is -0.0000000383. The summed E-state index contributed by atoms with van der Waals surface area (Å²) < 4.78 is 8.88. The van der Waals surface area contributed by atoms with Gasteiger partial charge in [0.1, 0.15) is 0 Å². The standard InChI is InChI=1S/C2H8N2.2ClH.H3O4P/c3-1-2-4;;;1-5(2,3)4/h1-4H2;2*1H;(H3,1,2,3,4). The predicted molar refractivity (Wildman–Crippen MR) is 46.9 cm³/mol. The Kier molecular flexibility index (Phi) is 27.1. The first kappa shape index (κ1) is 22.6. The molecule has 0 bridgehead atoms. The van der Waals surface area contributed by atoms with Gasteiger partial charge in [0.15, 0.2) is 0 Å². The molecular formula is C2H13Cl2N2O4P. The summed E-state index contributed by atoms with van der Waals surface area (Å²) in [6, 6.07) is 0. The molecule has 0 heterocycles. The van der Waals surface area contributed by atoms with Crippen molar-refractivity contribution < 1.29 is 19.2 Å². The lowest BCUT2D eigenvalue weighted by Gasteiger charge is -1.82. The summed E-state index contributed by atoms with van der Waals surface area (Å²) in [5.74, 6) is 0. The molecule has 0 saturated heterocycles. The van der Waals surface area contributed by atoms with Crippen LogP contribution in [0.1, 0.15) is 0 Å². The predicted octanol–water partition coefficient (Wildman–Crippen LogP) is -1.18. The lowest BCUT2D eigenvalue weighted by atomic mass is 10.7. The monoisotopic (exact) mass is 230 g/mol. The van der Waals surface area contributed by atoms with Crippen molar-refractivity contribution in [2.45, 2.75) is 0 Å². The van der Waals surface area contributed by atoms with Crippen LogP contribution in [0.15, 0.2) is 0 Å². The van der Waals surface area contributed by atoms with Gasteiger partial charge in [-0.25, -0.2) is 4.57 Å². The van der Waals surface area contributed by atoms with Crippen molar-refractivity contribution >= 4 is 32.6 Å². The van der Waals surface area contributed by atoms with Crippen molar-refractivity contribution in [2.75, 3.05) is 13.1 Å². The van der Waals surface area contributed by atoms with E-state index < -0.39 is 7.82 Å². The molecule has 0 rings (SSSR count). The molecule has 7 N–H and O–H groups in total. The Hall–Kier alpha value is 0.610. The number of hydrogen-bond donors (Lipinski definition) is 5. The number of rotatable bonds is 1. The summed E-state index contributed by atoms with van der Waals surface area (Å²) in [5.41, 5.74) is 9.81. The second kappa shape index (κ2) is 13.2. The molecule has 0 atom stereocenters. The molecule has 0 aliphatic carbocycles. The van der Waals surface area contributed by atoms with Gasteiger partial charge in [0.05, 0.1) is 0 Å². The van der Waals surface area contributed by atoms with Crippen molar-refractivity contribution in [3.63, 3.8) is 0 Å². The third-order valence-corrected chi connectivity index (χ3v) is 0.167. The number of hydrogen-bond acceptors (Lipinski definition) is 3. The topological polar surface area (TPSA) is 130 Å². The Bertz CT molecular complexity index is 87.8. The van der Waals surface area contributed by atoms with E-state index in [1.54, 1.807) is 0 Å². The van der Waals surface area contributed by atoms with Crippen molar-refractivity contribution in [2.24, 2.45) is 11.5 Å². The van der Waals surface area contributed by atoms with Crippen LogP contribution in [-0.2, 0) is 4.57 Å². The van der Waals surface area contributed by atoms with Crippen LogP contribution in [0.4, 0.5) is 0 Å². The maximum Gasteiger partial charge on any atom is 0.466 e. The maximum atomic E-state index is 8.88. The summed E-state index contributed by atoms with van der Waals surface area (Å²) in [7, 11) is -4.64. The highest BCUT2D eigenvalue weighted by molar-refractivity contribution is 7.45. The number of halogens is 2. The van der Waals surface area contributed by atoms with Gasteiger partial charge in [-0.15, -0.1) is 24.8 Å². The van der Waals surface area contributed by atoms with Crippen LogP contribution in [0.2, 0.25) is 0 Å². The molecule has 0 unspecified atom stereocenters. The summed E-state index contributed by atoms with van der Waals surface area (Å²) in [4.78, 5) is 21.6. The molecule has 0 aliphatic heterocycles. The van der Waals surface area contributed by atoms with E-state index in [1.165, 1.54) is 0 Å². The summed E-state index contributed by atoms with van der Waals surface area (Å²) >= 11 is 0. The molecule has 9 heteroatoms. The SMILES string of the molecule is Cl.Cl.NCCN.O=P(O)(O)O. The zero-order chi connectivity index (χ0) is 7.91. The van der Waals surface area contributed by atoms with E-state index in [0.29, 0.717) is 13.1 Å². The molecule has 0 aromatic carbocycles. The third kappa shape index (κ3) is 303. The van der Waals surface area contributed by atoms with Gasteiger partial charge in [-0.05, 0) is 0 Å². The average molecular weight is 231 g/mol. The molecule has 0 spiro atoms. The van der Waals surface area contributed by atoms with Crippen LogP contribution in [0, 0.1) is 0 Å². The molecule has 0 saturated carbocycles. The average Bonchev–Trinajstić information content (AvgIpc) is 1.61. The summed E-state index contributed by atoms with van der Waals surface area (Å²) in [5, 5.41) is 0. The van der Waals surface area contributed by atoms with Crippen molar-refractivity contribution in [1.82, 2.24) is 0 Å². The van der Waals surface area contributed by atoms with Gasteiger partial charge in [0.25, 0.3) is 0 Å². The quantitative estimate of drug-likeness (QED) is 0.361. The Morgan fingerprint density at radius 2 is 1.09 bits per heavy atom. The lowest BCUT2D eigenvalue weighted by molar-refractivity contribution is 0.275. The maximum absolute atomic E-state index is 8.88. The van der Waals surface area contributed by atoms with Gasteiger partial charge in [-0.1, -0.05) is 0 Å². The van der Waals surface area contributed by atoms with E-state index in [2.05, 4.69) is 0 Å². The molecule has 11 heavy (non-hydrogen) atoms. The Labute approximate surface area is 77.0 Å². The van der Waals surface area contributed by atoms with Gasteiger partial charge >= 0.3 is 7.82 Å². The molecular weight excluding hydrogens is 218 g/mol. The van der Waals surface area contributed by atoms with Gasteiger partial charge in [0, 0.05) is 13.1 Å². The highest BCUT2D eigenvalue weighted by atomic mass is 35.5. The second-order valence-electron chi connectivity index (χ2n) is 1.09. The van der Waals surface area contributed by atoms with Crippen molar-refractivity contribution in [3.8, 4) is 0 Å². The first-order chi connectivity index (χ1) is 3.91. The van der Waals surface area contributed by atoms with Crippen LogP contribution >= 0.6 is 32.6 Å². The van der Waals surface area contributed by atoms with E-state index in [-0.39, 0.29) is 24.8 Å². The lowest BCUT2D eigenvalue weighted by Crippen LogP contribution is -2.11. The first-order valence-electron chi connectivity index (χ1n) is 2.10. The molecule has 0 fully saturated rings. The molecule has 0 aromatic heterocycles.